The van der Waals surface area contributed by atoms with Gasteiger partial charge in [0.1, 0.15) is 0 Å². The van der Waals surface area contributed by atoms with Crippen LogP contribution >= 0.6 is 0 Å². The van der Waals surface area contributed by atoms with E-state index in [0.717, 1.165) is 12.3 Å². The van der Waals surface area contributed by atoms with E-state index in [-0.39, 0.29) is 5.41 Å². The number of nitrogens with zero attached hydrogens (tertiary/aromatic N) is 3. The lowest BCUT2D eigenvalue weighted by molar-refractivity contribution is 0.165. The lowest BCUT2D eigenvalue weighted by atomic mass is 9.65. The molecule has 0 radical (unpaired) electrons. The van der Waals surface area contributed by atoms with Crippen LogP contribution in [0.5, 0.6) is 0 Å². The van der Waals surface area contributed by atoms with Gasteiger partial charge in [-0.3, -0.25) is 4.68 Å². The average Bonchev–Trinajstić information content (AvgIpc) is 2.64. The van der Waals surface area contributed by atoms with Gasteiger partial charge in [0.05, 0.1) is 11.9 Å². The van der Waals surface area contributed by atoms with Crippen LogP contribution in [0.25, 0.3) is 0 Å². The average molecular weight is 236 g/mol. The molecule has 0 aromatic carbocycles. The van der Waals surface area contributed by atoms with E-state index in [1.807, 2.05) is 17.9 Å². The highest BCUT2D eigenvalue weighted by atomic mass is 15.4. The Morgan fingerprint density at radius 3 is 2.65 bits per heavy atom. The van der Waals surface area contributed by atoms with Gasteiger partial charge in [-0.2, -0.15) is 0 Å². The Kier molecular flexibility index (Phi) is 3.25. The summed E-state index contributed by atoms with van der Waals surface area (Å²) >= 11 is 0. The number of nitrogens with two attached hydrogens (primary N) is 1. The van der Waals surface area contributed by atoms with E-state index in [2.05, 4.69) is 31.1 Å². The standard InChI is InChI=1S/C13H24N4/c1-9-5-6-10(11(14)7-9)13(2,3)12-8-15-16-17(12)4/h8-11H,5-7,14H2,1-4H3. The normalized spacial score (nSPS) is 30.5. The third-order valence-electron chi connectivity index (χ3n) is 4.46. The molecule has 0 saturated heterocycles. The largest absolute Gasteiger partial charge is 0.327 e. The van der Waals surface area contributed by atoms with E-state index in [1.165, 1.54) is 18.5 Å². The number of rotatable bonds is 2. The molecule has 1 fully saturated rings. The van der Waals surface area contributed by atoms with E-state index in [9.17, 15) is 0 Å². The zero-order valence-corrected chi connectivity index (χ0v) is 11.3. The first-order chi connectivity index (χ1) is 7.93. The third-order valence-corrected chi connectivity index (χ3v) is 4.46. The highest BCUT2D eigenvalue weighted by molar-refractivity contribution is 5.14. The molecular weight excluding hydrogens is 212 g/mol. The van der Waals surface area contributed by atoms with E-state index < -0.39 is 0 Å². The first-order valence-corrected chi connectivity index (χ1v) is 6.53. The predicted molar refractivity (Wildman–Crippen MR) is 68.5 cm³/mol. The molecule has 3 atom stereocenters. The van der Waals surface area contributed by atoms with Crippen LogP contribution in [-0.4, -0.2) is 21.0 Å². The van der Waals surface area contributed by atoms with E-state index in [0.29, 0.717) is 12.0 Å². The van der Waals surface area contributed by atoms with Gasteiger partial charge in [-0.15, -0.1) is 5.10 Å². The van der Waals surface area contributed by atoms with Crippen LogP contribution in [-0.2, 0) is 12.5 Å². The van der Waals surface area contributed by atoms with Crippen molar-refractivity contribution in [3.8, 4) is 0 Å². The molecule has 96 valence electrons. The molecule has 2 N–H and O–H groups in total. The molecule has 1 aromatic heterocycles. The maximum atomic E-state index is 6.36. The SMILES string of the molecule is CC1CCC(C(C)(C)c2cnnn2C)C(N)C1. The molecule has 4 nitrogen and oxygen atoms in total. The minimum Gasteiger partial charge on any atom is -0.327 e. The smallest absolute Gasteiger partial charge is 0.0730 e. The second kappa shape index (κ2) is 4.41. The van der Waals surface area contributed by atoms with E-state index in [4.69, 9.17) is 5.73 Å². The molecule has 1 aliphatic rings. The van der Waals surface area contributed by atoms with Crippen LogP contribution in [0.2, 0.25) is 0 Å². The number of aromatic nitrogens is 3. The van der Waals surface area contributed by atoms with Gasteiger partial charge >= 0.3 is 0 Å². The summed E-state index contributed by atoms with van der Waals surface area (Å²) in [5.74, 6) is 1.29. The van der Waals surface area contributed by atoms with Crippen molar-refractivity contribution in [2.75, 3.05) is 0 Å². The first kappa shape index (κ1) is 12.6. The van der Waals surface area contributed by atoms with Gasteiger partial charge in [-0.05, 0) is 24.7 Å². The van der Waals surface area contributed by atoms with Crippen LogP contribution in [0.15, 0.2) is 6.20 Å². The highest BCUT2D eigenvalue weighted by Crippen LogP contribution is 2.41. The van der Waals surface area contributed by atoms with Crippen molar-refractivity contribution in [2.24, 2.45) is 24.6 Å². The molecule has 0 bridgehead atoms. The summed E-state index contributed by atoms with van der Waals surface area (Å²) in [6, 6.07) is 0.295. The van der Waals surface area contributed by atoms with E-state index >= 15 is 0 Å². The highest BCUT2D eigenvalue weighted by Gasteiger charge is 2.40. The van der Waals surface area contributed by atoms with Crippen molar-refractivity contribution in [3.63, 3.8) is 0 Å². The zero-order valence-electron chi connectivity index (χ0n) is 11.3. The number of aryl methyl sites for hydroxylation is 1. The molecule has 1 aliphatic carbocycles. The lowest BCUT2D eigenvalue weighted by Crippen LogP contribution is -2.46. The Labute approximate surface area is 104 Å². The minimum atomic E-state index is 0.0534. The van der Waals surface area contributed by atoms with Crippen molar-refractivity contribution < 1.29 is 0 Å². The zero-order chi connectivity index (χ0) is 12.6. The molecule has 17 heavy (non-hydrogen) atoms. The Hall–Kier alpha value is -0.900. The molecule has 2 rings (SSSR count). The van der Waals surface area contributed by atoms with Crippen molar-refractivity contribution in [3.05, 3.63) is 11.9 Å². The van der Waals surface area contributed by atoms with Gasteiger partial charge in [-0.25, -0.2) is 0 Å². The molecule has 0 spiro atoms. The second-order valence-corrected chi connectivity index (χ2v) is 6.15. The lowest BCUT2D eigenvalue weighted by Gasteiger charge is -2.42. The van der Waals surface area contributed by atoms with Gasteiger partial charge in [0, 0.05) is 18.5 Å². The Balaban J connectivity index is 2.24. The molecule has 0 aliphatic heterocycles. The Bertz CT molecular complexity index is 383. The third kappa shape index (κ3) is 2.23. The molecule has 1 aromatic rings. The van der Waals surface area contributed by atoms with Crippen LogP contribution in [0.1, 0.15) is 45.7 Å². The van der Waals surface area contributed by atoms with E-state index in [1.54, 1.807) is 0 Å². The van der Waals surface area contributed by atoms with Crippen molar-refractivity contribution in [1.29, 1.82) is 0 Å². The molecule has 0 amide bonds. The number of hydrogen-bond donors (Lipinski definition) is 1. The fraction of sp³-hybridized carbons (Fsp3) is 0.846. The topological polar surface area (TPSA) is 56.7 Å². The predicted octanol–water partition coefficient (Wildman–Crippen LogP) is 1.86. The second-order valence-electron chi connectivity index (χ2n) is 6.15. The maximum absolute atomic E-state index is 6.36. The quantitative estimate of drug-likeness (QED) is 0.852. The van der Waals surface area contributed by atoms with Crippen LogP contribution in [0.3, 0.4) is 0 Å². The summed E-state index contributed by atoms with van der Waals surface area (Å²) in [6.45, 7) is 6.84. The van der Waals surface area contributed by atoms with Crippen molar-refractivity contribution in [2.45, 2.75) is 51.5 Å². The van der Waals surface area contributed by atoms with Crippen molar-refractivity contribution in [1.82, 2.24) is 15.0 Å². The summed E-state index contributed by atoms with van der Waals surface area (Å²) in [5.41, 5.74) is 7.60. The summed E-state index contributed by atoms with van der Waals surface area (Å²) in [4.78, 5) is 0. The molecule has 1 heterocycles. The Morgan fingerprint density at radius 2 is 2.12 bits per heavy atom. The van der Waals surface area contributed by atoms with Crippen molar-refractivity contribution >= 4 is 0 Å². The fourth-order valence-corrected chi connectivity index (χ4v) is 3.38. The van der Waals surface area contributed by atoms with Gasteiger partial charge in [0.2, 0.25) is 0 Å². The molecule has 4 heteroatoms. The summed E-state index contributed by atoms with van der Waals surface area (Å²) in [6.07, 6.45) is 5.51. The summed E-state index contributed by atoms with van der Waals surface area (Å²) < 4.78 is 1.88. The molecular formula is C13H24N4. The monoisotopic (exact) mass is 236 g/mol. The fourth-order valence-electron chi connectivity index (χ4n) is 3.38. The van der Waals surface area contributed by atoms with Crippen LogP contribution in [0.4, 0.5) is 0 Å². The maximum Gasteiger partial charge on any atom is 0.0730 e. The number of hydrogen-bond acceptors (Lipinski definition) is 3. The first-order valence-electron chi connectivity index (χ1n) is 6.53. The van der Waals surface area contributed by atoms with Gasteiger partial charge < -0.3 is 5.73 Å². The Morgan fingerprint density at radius 1 is 1.41 bits per heavy atom. The van der Waals surface area contributed by atoms with Gasteiger partial charge in [0.25, 0.3) is 0 Å². The summed E-state index contributed by atoms with van der Waals surface area (Å²) in [5, 5.41) is 8.04. The molecule has 1 saturated carbocycles. The van der Waals surface area contributed by atoms with Crippen LogP contribution in [0, 0.1) is 11.8 Å². The van der Waals surface area contributed by atoms with Gasteiger partial charge in [0.15, 0.2) is 0 Å². The van der Waals surface area contributed by atoms with Gasteiger partial charge in [-0.1, -0.05) is 32.4 Å². The minimum absolute atomic E-state index is 0.0534. The molecule has 3 unspecified atom stereocenters. The summed E-state index contributed by atoms with van der Waals surface area (Å²) in [7, 11) is 1.96. The van der Waals surface area contributed by atoms with Crippen LogP contribution < -0.4 is 5.73 Å².